The SMILES string of the molecule is O=C(NC1CCCC1)C(c1ccc(Cl)cc1)N(C(=O)Cc1cccs1)c1ccc2c(c1)OCO2. The number of fused-ring (bicyclic) bond motifs is 1. The van der Waals surface area contributed by atoms with Crippen molar-refractivity contribution in [2.45, 2.75) is 44.2 Å². The van der Waals surface area contributed by atoms with Gasteiger partial charge < -0.3 is 14.8 Å². The van der Waals surface area contributed by atoms with E-state index in [9.17, 15) is 9.59 Å². The fraction of sp³-hybridized carbons (Fsp3) is 0.308. The third-order valence-corrected chi connectivity index (χ3v) is 7.33. The number of halogens is 1. The molecule has 0 saturated heterocycles. The monoisotopic (exact) mass is 496 g/mol. The highest BCUT2D eigenvalue weighted by molar-refractivity contribution is 7.10. The summed E-state index contributed by atoms with van der Waals surface area (Å²) in [4.78, 5) is 30.0. The second-order valence-electron chi connectivity index (χ2n) is 8.50. The number of amides is 2. The van der Waals surface area contributed by atoms with E-state index in [-0.39, 0.29) is 31.1 Å². The molecule has 0 radical (unpaired) electrons. The molecule has 1 aromatic heterocycles. The number of hydrogen-bond donors (Lipinski definition) is 1. The molecule has 8 heteroatoms. The molecule has 1 fully saturated rings. The van der Waals surface area contributed by atoms with Crippen LogP contribution in [0.5, 0.6) is 11.5 Å². The first-order valence-electron chi connectivity index (χ1n) is 11.4. The summed E-state index contributed by atoms with van der Waals surface area (Å²) in [7, 11) is 0. The van der Waals surface area contributed by atoms with Crippen LogP contribution in [0.4, 0.5) is 5.69 Å². The number of anilines is 1. The third kappa shape index (κ3) is 4.91. The zero-order chi connectivity index (χ0) is 23.5. The number of carbonyl (C=O) groups is 2. The Morgan fingerprint density at radius 1 is 1.06 bits per heavy atom. The van der Waals surface area contributed by atoms with Crippen molar-refractivity contribution in [2.75, 3.05) is 11.7 Å². The second kappa shape index (κ2) is 10.1. The standard InChI is InChI=1S/C26H25ClN2O4S/c27-18-9-7-17(8-10-18)25(26(31)28-19-4-1-2-5-19)29(24(30)15-21-6-3-13-34-21)20-11-12-22-23(14-20)33-16-32-22/h3,6-14,19,25H,1-2,4-5,15-16H2,(H,28,31). The van der Waals surface area contributed by atoms with Crippen molar-refractivity contribution in [1.82, 2.24) is 5.32 Å². The molecule has 1 aliphatic heterocycles. The molecule has 3 aromatic rings. The van der Waals surface area contributed by atoms with E-state index >= 15 is 0 Å². The molecule has 2 aromatic carbocycles. The van der Waals surface area contributed by atoms with Crippen LogP contribution in [0.2, 0.25) is 5.02 Å². The van der Waals surface area contributed by atoms with Gasteiger partial charge in [-0.25, -0.2) is 0 Å². The van der Waals surface area contributed by atoms with Gasteiger partial charge in [-0.1, -0.05) is 42.6 Å². The van der Waals surface area contributed by atoms with E-state index in [1.807, 2.05) is 17.5 Å². The molecule has 1 saturated carbocycles. The van der Waals surface area contributed by atoms with Crippen LogP contribution in [0.25, 0.3) is 0 Å². The Morgan fingerprint density at radius 2 is 1.82 bits per heavy atom. The van der Waals surface area contributed by atoms with Gasteiger partial charge in [0.2, 0.25) is 18.6 Å². The normalized spacial score (nSPS) is 15.8. The number of nitrogens with zero attached hydrogens (tertiary/aromatic N) is 1. The van der Waals surface area contributed by atoms with Crippen LogP contribution in [0.3, 0.4) is 0 Å². The predicted molar refractivity (Wildman–Crippen MR) is 133 cm³/mol. The summed E-state index contributed by atoms with van der Waals surface area (Å²) in [5, 5.41) is 5.70. The number of carbonyl (C=O) groups excluding carboxylic acids is 2. The topological polar surface area (TPSA) is 67.9 Å². The predicted octanol–water partition coefficient (Wildman–Crippen LogP) is 5.51. The molecule has 2 heterocycles. The van der Waals surface area contributed by atoms with Gasteiger partial charge in [-0.15, -0.1) is 11.3 Å². The molecule has 2 amide bonds. The minimum Gasteiger partial charge on any atom is -0.454 e. The molecule has 5 rings (SSSR count). The first-order chi connectivity index (χ1) is 16.6. The van der Waals surface area contributed by atoms with Gasteiger partial charge in [0.1, 0.15) is 6.04 Å². The number of thiophene rings is 1. The quantitative estimate of drug-likeness (QED) is 0.468. The number of ether oxygens (including phenoxy) is 2. The first-order valence-corrected chi connectivity index (χ1v) is 12.6. The van der Waals surface area contributed by atoms with Gasteiger partial charge in [-0.3, -0.25) is 14.5 Å². The minimum atomic E-state index is -0.856. The van der Waals surface area contributed by atoms with Crippen LogP contribution in [0, 0.1) is 0 Å². The van der Waals surface area contributed by atoms with Crippen LogP contribution in [0.15, 0.2) is 60.0 Å². The summed E-state index contributed by atoms with van der Waals surface area (Å²) in [6.07, 6.45) is 4.28. The molecule has 0 spiro atoms. The van der Waals surface area contributed by atoms with Crippen molar-refractivity contribution in [3.8, 4) is 11.5 Å². The van der Waals surface area contributed by atoms with Gasteiger partial charge >= 0.3 is 0 Å². The van der Waals surface area contributed by atoms with Crippen molar-refractivity contribution in [1.29, 1.82) is 0 Å². The number of rotatable bonds is 7. The van der Waals surface area contributed by atoms with E-state index in [1.54, 1.807) is 47.4 Å². The van der Waals surface area contributed by atoms with Crippen LogP contribution < -0.4 is 19.7 Å². The highest BCUT2D eigenvalue weighted by Gasteiger charge is 2.35. The molecule has 1 aliphatic carbocycles. The Bertz CT molecular complexity index is 1160. The summed E-state index contributed by atoms with van der Waals surface area (Å²) >= 11 is 7.66. The van der Waals surface area contributed by atoms with E-state index in [0.29, 0.717) is 27.8 Å². The minimum absolute atomic E-state index is 0.119. The Balaban J connectivity index is 1.56. The molecule has 0 bridgehead atoms. The fourth-order valence-electron chi connectivity index (χ4n) is 4.53. The largest absolute Gasteiger partial charge is 0.454 e. The van der Waals surface area contributed by atoms with E-state index < -0.39 is 6.04 Å². The van der Waals surface area contributed by atoms with Gasteiger partial charge in [0.15, 0.2) is 11.5 Å². The Morgan fingerprint density at radius 3 is 2.56 bits per heavy atom. The van der Waals surface area contributed by atoms with Crippen LogP contribution in [-0.4, -0.2) is 24.6 Å². The van der Waals surface area contributed by atoms with E-state index in [2.05, 4.69) is 5.32 Å². The zero-order valence-corrected chi connectivity index (χ0v) is 20.1. The van der Waals surface area contributed by atoms with E-state index in [1.165, 1.54) is 11.3 Å². The first kappa shape index (κ1) is 22.7. The molecule has 6 nitrogen and oxygen atoms in total. The summed E-state index contributed by atoms with van der Waals surface area (Å²) in [5.41, 5.74) is 1.27. The lowest BCUT2D eigenvalue weighted by molar-refractivity contribution is -0.127. The van der Waals surface area contributed by atoms with Crippen molar-refractivity contribution in [2.24, 2.45) is 0 Å². The molecular weight excluding hydrogens is 472 g/mol. The van der Waals surface area contributed by atoms with Gasteiger partial charge in [0.05, 0.1) is 6.42 Å². The number of benzene rings is 2. The van der Waals surface area contributed by atoms with Crippen molar-refractivity contribution in [3.63, 3.8) is 0 Å². The summed E-state index contributed by atoms with van der Waals surface area (Å²) in [6.45, 7) is 0.130. The fourth-order valence-corrected chi connectivity index (χ4v) is 5.35. The van der Waals surface area contributed by atoms with Gasteiger partial charge in [-0.2, -0.15) is 0 Å². The third-order valence-electron chi connectivity index (χ3n) is 6.20. The number of nitrogens with one attached hydrogen (secondary N) is 1. The lowest BCUT2D eigenvalue weighted by Crippen LogP contribution is -2.46. The van der Waals surface area contributed by atoms with Gasteiger partial charge in [0.25, 0.3) is 0 Å². The molecular formula is C26H25ClN2O4S. The summed E-state index contributed by atoms with van der Waals surface area (Å²) in [5.74, 6) is 0.791. The smallest absolute Gasteiger partial charge is 0.248 e. The van der Waals surface area contributed by atoms with E-state index in [0.717, 1.165) is 30.6 Å². The van der Waals surface area contributed by atoms with E-state index in [4.69, 9.17) is 21.1 Å². The van der Waals surface area contributed by atoms with Gasteiger partial charge in [0, 0.05) is 27.7 Å². The zero-order valence-electron chi connectivity index (χ0n) is 18.5. The molecule has 2 aliphatic rings. The molecule has 176 valence electrons. The average Bonchev–Trinajstić information content (AvgIpc) is 3.61. The summed E-state index contributed by atoms with van der Waals surface area (Å²) in [6, 6.07) is 15.5. The highest BCUT2D eigenvalue weighted by Crippen LogP contribution is 2.39. The highest BCUT2D eigenvalue weighted by atomic mass is 35.5. The number of hydrogen-bond acceptors (Lipinski definition) is 5. The molecule has 1 N–H and O–H groups in total. The molecule has 1 unspecified atom stereocenters. The molecule has 34 heavy (non-hydrogen) atoms. The Labute approximate surface area is 207 Å². The lowest BCUT2D eigenvalue weighted by atomic mass is 10.0. The van der Waals surface area contributed by atoms with Crippen LogP contribution in [0.1, 0.15) is 42.2 Å². The van der Waals surface area contributed by atoms with Crippen molar-refractivity contribution >= 4 is 40.4 Å². The van der Waals surface area contributed by atoms with Crippen molar-refractivity contribution in [3.05, 3.63) is 75.4 Å². The average molecular weight is 497 g/mol. The van der Waals surface area contributed by atoms with Crippen LogP contribution >= 0.6 is 22.9 Å². The maximum absolute atomic E-state index is 13.8. The molecule has 1 atom stereocenters. The van der Waals surface area contributed by atoms with Crippen LogP contribution in [-0.2, 0) is 16.0 Å². The van der Waals surface area contributed by atoms with Crippen molar-refractivity contribution < 1.29 is 19.1 Å². The summed E-state index contributed by atoms with van der Waals surface area (Å²) < 4.78 is 11.0. The maximum atomic E-state index is 13.8. The lowest BCUT2D eigenvalue weighted by Gasteiger charge is -2.32. The van der Waals surface area contributed by atoms with Gasteiger partial charge in [-0.05, 0) is 54.1 Å². The second-order valence-corrected chi connectivity index (χ2v) is 9.97. The maximum Gasteiger partial charge on any atom is 0.248 e. The Kier molecular flexibility index (Phi) is 6.74. The Hall–Kier alpha value is -3.03.